The second-order valence-electron chi connectivity index (χ2n) is 4.95. The zero-order chi connectivity index (χ0) is 16.1. The van der Waals surface area contributed by atoms with Crippen LogP contribution in [0.25, 0.3) is 0 Å². The van der Waals surface area contributed by atoms with E-state index in [4.69, 9.17) is 9.47 Å². The van der Waals surface area contributed by atoms with Crippen LogP contribution in [0.15, 0.2) is 30.3 Å². The molecule has 0 aliphatic rings. The predicted octanol–water partition coefficient (Wildman–Crippen LogP) is 2.67. The van der Waals surface area contributed by atoms with Crippen molar-refractivity contribution in [1.29, 1.82) is 0 Å². The van der Waals surface area contributed by atoms with E-state index in [1.165, 1.54) is 7.11 Å². The van der Waals surface area contributed by atoms with Crippen molar-refractivity contribution in [1.82, 2.24) is 4.98 Å². The zero-order valence-electron chi connectivity index (χ0n) is 12.9. The Kier molecular flexibility index (Phi) is 5.12. The molecule has 0 bridgehead atoms. The molecule has 0 aliphatic carbocycles. The summed E-state index contributed by atoms with van der Waals surface area (Å²) in [6.07, 6.45) is 0. The van der Waals surface area contributed by atoms with E-state index in [9.17, 15) is 9.59 Å². The molecular formula is C17H19NO4. The number of hydrogen-bond donors (Lipinski definition) is 1. The molecule has 2 rings (SSSR count). The summed E-state index contributed by atoms with van der Waals surface area (Å²) < 4.78 is 9.94. The maximum absolute atomic E-state index is 12.6. The van der Waals surface area contributed by atoms with Crippen LogP contribution < -0.4 is 0 Å². The van der Waals surface area contributed by atoms with Crippen LogP contribution in [0, 0.1) is 13.8 Å². The molecule has 0 saturated carbocycles. The molecule has 0 fully saturated rings. The largest absolute Gasteiger partial charge is 0.459 e. The SMILES string of the molecule is COCCOC(=O)c1[nH]c(C)c(C(=O)c2ccccc2)c1C. The molecule has 0 atom stereocenters. The summed E-state index contributed by atoms with van der Waals surface area (Å²) in [7, 11) is 1.54. The highest BCUT2D eigenvalue weighted by atomic mass is 16.6. The van der Waals surface area contributed by atoms with E-state index in [0.717, 1.165) is 0 Å². The van der Waals surface area contributed by atoms with Crippen LogP contribution in [-0.4, -0.2) is 37.1 Å². The normalized spacial score (nSPS) is 10.5. The quantitative estimate of drug-likeness (QED) is 0.506. The van der Waals surface area contributed by atoms with E-state index in [1.54, 1.807) is 26.0 Å². The van der Waals surface area contributed by atoms with Gasteiger partial charge in [-0.05, 0) is 19.4 Å². The molecule has 5 heteroatoms. The first-order valence-corrected chi connectivity index (χ1v) is 7.01. The summed E-state index contributed by atoms with van der Waals surface area (Å²) in [6.45, 7) is 4.02. The number of aromatic amines is 1. The third kappa shape index (κ3) is 3.26. The molecule has 0 unspecified atom stereocenters. The molecule has 1 N–H and O–H groups in total. The Hall–Kier alpha value is -2.40. The van der Waals surface area contributed by atoms with E-state index in [-0.39, 0.29) is 12.4 Å². The van der Waals surface area contributed by atoms with Gasteiger partial charge in [0.1, 0.15) is 12.3 Å². The number of carbonyl (C=O) groups excluding carboxylic acids is 2. The number of rotatable bonds is 6. The summed E-state index contributed by atoms with van der Waals surface area (Å²) in [5.74, 6) is -0.590. The van der Waals surface area contributed by atoms with Gasteiger partial charge in [0, 0.05) is 23.9 Å². The number of benzene rings is 1. The molecule has 1 heterocycles. The second-order valence-corrected chi connectivity index (χ2v) is 4.95. The lowest BCUT2D eigenvalue weighted by atomic mass is 10.00. The lowest BCUT2D eigenvalue weighted by Gasteiger charge is -2.04. The smallest absolute Gasteiger partial charge is 0.355 e. The van der Waals surface area contributed by atoms with Crippen LogP contribution in [0.5, 0.6) is 0 Å². The van der Waals surface area contributed by atoms with Crippen molar-refractivity contribution in [3.63, 3.8) is 0 Å². The number of esters is 1. The first kappa shape index (κ1) is 16.0. The number of methoxy groups -OCH3 is 1. The fourth-order valence-corrected chi connectivity index (χ4v) is 2.32. The van der Waals surface area contributed by atoms with Gasteiger partial charge in [0.15, 0.2) is 5.78 Å². The van der Waals surface area contributed by atoms with Crippen LogP contribution in [0.2, 0.25) is 0 Å². The molecule has 0 aliphatic heterocycles. The van der Waals surface area contributed by atoms with Crippen molar-refractivity contribution in [3.8, 4) is 0 Å². The van der Waals surface area contributed by atoms with E-state index < -0.39 is 5.97 Å². The third-order valence-electron chi connectivity index (χ3n) is 3.43. The monoisotopic (exact) mass is 301 g/mol. The Morgan fingerprint density at radius 1 is 1.09 bits per heavy atom. The van der Waals surface area contributed by atoms with Crippen molar-refractivity contribution in [2.24, 2.45) is 0 Å². The second kappa shape index (κ2) is 7.04. The minimum atomic E-state index is -0.482. The molecule has 0 spiro atoms. The molecule has 2 aromatic rings. The van der Waals surface area contributed by atoms with Crippen molar-refractivity contribution < 1.29 is 19.1 Å². The average Bonchev–Trinajstić information content (AvgIpc) is 2.82. The maximum Gasteiger partial charge on any atom is 0.355 e. The summed E-state index contributed by atoms with van der Waals surface area (Å²) >= 11 is 0. The van der Waals surface area contributed by atoms with E-state index in [2.05, 4.69) is 4.98 Å². The number of ether oxygens (including phenoxy) is 2. The minimum Gasteiger partial charge on any atom is -0.459 e. The highest BCUT2D eigenvalue weighted by Gasteiger charge is 2.23. The lowest BCUT2D eigenvalue weighted by molar-refractivity contribution is 0.0381. The molecule has 0 saturated heterocycles. The third-order valence-corrected chi connectivity index (χ3v) is 3.43. The zero-order valence-corrected chi connectivity index (χ0v) is 12.9. The number of H-pyrrole nitrogens is 1. The van der Waals surface area contributed by atoms with Gasteiger partial charge in [-0.3, -0.25) is 4.79 Å². The highest BCUT2D eigenvalue weighted by Crippen LogP contribution is 2.22. The van der Waals surface area contributed by atoms with Gasteiger partial charge in [-0.1, -0.05) is 30.3 Å². The number of carbonyl (C=O) groups is 2. The first-order valence-electron chi connectivity index (χ1n) is 7.01. The molecule has 5 nitrogen and oxygen atoms in total. The van der Waals surface area contributed by atoms with Crippen molar-refractivity contribution >= 4 is 11.8 Å². The summed E-state index contributed by atoms with van der Waals surface area (Å²) in [5.41, 5.74) is 2.68. The predicted molar refractivity (Wildman–Crippen MR) is 82.3 cm³/mol. The average molecular weight is 301 g/mol. The number of aryl methyl sites for hydroxylation is 1. The summed E-state index contributed by atoms with van der Waals surface area (Å²) in [4.78, 5) is 27.6. The van der Waals surface area contributed by atoms with Gasteiger partial charge >= 0.3 is 5.97 Å². The molecule has 116 valence electrons. The topological polar surface area (TPSA) is 68.4 Å². The summed E-state index contributed by atoms with van der Waals surface area (Å²) in [5, 5.41) is 0. The van der Waals surface area contributed by atoms with Crippen molar-refractivity contribution in [3.05, 3.63) is 58.4 Å². The lowest BCUT2D eigenvalue weighted by Crippen LogP contribution is -2.11. The van der Waals surface area contributed by atoms with Crippen LogP contribution >= 0.6 is 0 Å². The van der Waals surface area contributed by atoms with E-state index in [0.29, 0.717) is 34.7 Å². The fraction of sp³-hybridized carbons (Fsp3) is 0.294. The maximum atomic E-state index is 12.6. The van der Waals surface area contributed by atoms with Crippen LogP contribution in [0.3, 0.4) is 0 Å². The Bertz CT molecular complexity index is 673. The standard InChI is InChI=1S/C17H19NO4/c1-11-14(16(19)13-7-5-4-6-8-13)12(2)18-15(11)17(20)22-10-9-21-3/h4-8,18H,9-10H2,1-3H3. The molecular weight excluding hydrogens is 282 g/mol. The van der Waals surface area contributed by atoms with Crippen molar-refractivity contribution in [2.45, 2.75) is 13.8 Å². The van der Waals surface area contributed by atoms with Gasteiger partial charge in [0.2, 0.25) is 0 Å². The van der Waals surface area contributed by atoms with Gasteiger partial charge < -0.3 is 14.5 Å². The van der Waals surface area contributed by atoms with E-state index in [1.807, 2.05) is 18.2 Å². The molecule has 1 aromatic heterocycles. The van der Waals surface area contributed by atoms with Crippen LogP contribution in [0.1, 0.15) is 37.7 Å². The molecule has 1 aromatic carbocycles. The van der Waals surface area contributed by atoms with Gasteiger partial charge in [-0.25, -0.2) is 4.79 Å². The highest BCUT2D eigenvalue weighted by molar-refractivity contribution is 6.12. The Balaban J connectivity index is 2.27. The van der Waals surface area contributed by atoms with Gasteiger partial charge in [-0.2, -0.15) is 0 Å². The Morgan fingerprint density at radius 3 is 2.41 bits per heavy atom. The molecule has 0 radical (unpaired) electrons. The summed E-state index contributed by atoms with van der Waals surface area (Å²) in [6, 6.07) is 8.98. The van der Waals surface area contributed by atoms with Crippen LogP contribution in [-0.2, 0) is 9.47 Å². The molecule has 0 amide bonds. The van der Waals surface area contributed by atoms with Crippen LogP contribution in [0.4, 0.5) is 0 Å². The van der Waals surface area contributed by atoms with Crippen molar-refractivity contribution in [2.75, 3.05) is 20.3 Å². The number of ketones is 1. The number of hydrogen-bond acceptors (Lipinski definition) is 4. The molecule has 22 heavy (non-hydrogen) atoms. The van der Waals surface area contributed by atoms with Gasteiger partial charge in [0.05, 0.1) is 6.61 Å². The van der Waals surface area contributed by atoms with Gasteiger partial charge in [-0.15, -0.1) is 0 Å². The first-order chi connectivity index (χ1) is 10.6. The number of nitrogens with one attached hydrogen (secondary N) is 1. The van der Waals surface area contributed by atoms with E-state index >= 15 is 0 Å². The fourth-order valence-electron chi connectivity index (χ4n) is 2.32. The number of aromatic nitrogens is 1. The Morgan fingerprint density at radius 2 is 1.77 bits per heavy atom. The minimum absolute atomic E-state index is 0.109. The Labute approximate surface area is 129 Å². The van der Waals surface area contributed by atoms with Gasteiger partial charge in [0.25, 0.3) is 0 Å².